The molecule has 1 aromatic carbocycles. The number of hydrogen-bond acceptors (Lipinski definition) is 6. The normalized spacial score (nSPS) is 11.6. The zero-order valence-corrected chi connectivity index (χ0v) is 13.6. The number of benzene rings is 1. The van der Waals surface area contributed by atoms with Crippen molar-refractivity contribution in [2.24, 2.45) is 0 Å². The highest BCUT2D eigenvalue weighted by molar-refractivity contribution is 7.89. The fourth-order valence-corrected chi connectivity index (χ4v) is 3.66. The molecule has 118 valence electrons. The van der Waals surface area contributed by atoms with Crippen LogP contribution in [0.4, 0.5) is 11.6 Å². The highest BCUT2D eigenvalue weighted by Gasteiger charge is 2.24. The van der Waals surface area contributed by atoms with Gasteiger partial charge in [-0.1, -0.05) is 26.0 Å². The summed E-state index contributed by atoms with van der Waals surface area (Å²) in [6.07, 6.45) is 1.38. The van der Waals surface area contributed by atoms with E-state index in [1.807, 2.05) is 13.8 Å². The monoisotopic (exact) mass is 321 g/mol. The number of hydrogen-bond donors (Lipinski definition) is 1. The number of aryl methyl sites for hydroxylation is 1. The highest BCUT2D eigenvalue weighted by Crippen LogP contribution is 2.26. The second kappa shape index (κ2) is 6.80. The molecule has 2 aromatic rings. The Morgan fingerprint density at radius 3 is 2.45 bits per heavy atom. The fourth-order valence-electron chi connectivity index (χ4n) is 2.06. The van der Waals surface area contributed by atoms with Crippen LogP contribution in [-0.2, 0) is 10.0 Å². The van der Waals surface area contributed by atoms with Crippen LogP contribution in [0, 0.1) is 6.92 Å². The van der Waals surface area contributed by atoms with E-state index >= 15 is 0 Å². The van der Waals surface area contributed by atoms with Gasteiger partial charge in [0.25, 0.3) is 0 Å². The predicted molar refractivity (Wildman–Crippen MR) is 84.4 cm³/mol. The summed E-state index contributed by atoms with van der Waals surface area (Å²) in [5.74, 6) is 0.872. The molecule has 0 atom stereocenters. The van der Waals surface area contributed by atoms with Gasteiger partial charge in [-0.25, -0.2) is 18.4 Å². The Balaban J connectivity index is 2.43. The minimum absolute atomic E-state index is 0.205. The van der Waals surface area contributed by atoms with E-state index in [1.54, 1.807) is 31.2 Å². The number of rotatable bonds is 6. The smallest absolute Gasteiger partial charge is 0.245 e. The first-order chi connectivity index (χ1) is 10.5. The topological polar surface area (TPSA) is 88.1 Å². The van der Waals surface area contributed by atoms with Gasteiger partial charge in [-0.05, 0) is 19.1 Å². The standard InChI is InChI=1S/C14H19N5O2S/c1-4-19(5-2)22(20,21)13-9-7-6-8-12(13)18-14-16-10-15-11(3)17-14/h6-10H,4-5H2,1-3H3,(H,15,16,17,18). The van der Waals surface area contributed by atoms with E-state index in [9.17, 15) is 8.42 Å². The summed E-state index contributed by atoms with van der Waals surface area (Å²) in [5.41, 5.74) is 0.444. The van der Waals surface area contributed by atoms with E-state index < -0.39 is 10.0 Å². The van der Waals surface area contributed by atoms with Crippen LogP contribution in [0.5, 0.6) is 0 Å². The van der Waals surface area contributed by atoms with Gasteiger partial charge in [-0.15, -0.1) is 0 Å². The number of sulfonamides is 1. The van der Waals surface area contributed by atoms with E-state index in [0.29, 0.717) is 30.5 Å². The summed E-state index contributed by atoms with van der Waals surface area (Å²) in [7, 11) is -3.56. The van der Waals surface area contributed by atoms with Gasteiger partial charge in [0, 0.05) is 13.1 Å². The molecule has 0 saturated heterocycles. The maximum Gasteiger partial charge on any atom is 0.245 e. The van der Waals surface area contributed by atoms with Crippen molar-refractivity contribution >= 4 is 21.7 Å². The first kappa shape index (κ1) is 16.3. The largest absolute Gasteiger partial charge is 0.323 e. The van der Waals surface area contributed by atoms with Crippen molar-refractivity contribution in [1.29, 1.82) is 0 Å². The molecule has 0 aliphatic heterocycles. The highest BCUT2D eigenvalue weighted by atomic mass is 32.2. The van der Waals surface area contributed by atoms with E-state index in [0.717, 1.165) is 0 Å². The van der Waals surface area contributed by atoms with Crippen LogP contribution in [0.3, 0.4) is 0 Å². The van der Waals surface area contributed by atoms with E-state index in [1.165, 1.54) is 10.6 Å². The maximum atomic E-state index is 12.7. The lowest BCUT2D eigenvalue weighted by atomic mass is 10.3. The third kappa shape index (κ3) is 3.40. The third-order valence-electron chi connectivity index (χ3n) is 3.15. The van der Waals surface area contributed by atoms with Crippen LogP contribution in [0.1, 0.15) is 19.7 Å². The molecule has 0 radical (unpaired) electrons. The number of para-hydroxylation sites is 1. The van der Waals surface area contributed by atoms with Gasteiger partial charge in [0.05, 0.1) is 5.69 Å². The quantitative estimate of drug-likeness (QED) is 0.875. The van der Waals surface area contributed by atoms with Gasteiger partial charge in [-0.3, -0.25) is 0 Å². The lowest BCUT2D eigenvalue weighted by Gasteiger charge is -2.20. The summed E-state index contributed by atoms with van der Waals surface area (Å²) in [4.78, 5) is 12.3. The van der Waals surface area contributed by atoms with Crippen molar-refractivity contribution in [2.45, 2.75) is 25.7 Å². The molecule has 8 heteroatoms. The molecule has 0 aliphatic rings. The molecule has 1 N–H and O–H groups in total. The number of aromatic nitrogens is 3. The van der Waals surface area contributed by atoms with E-state index in [-0.39, 0.29) is 4.90 Å². The molecule has 0 amide bonds. The van der Waals surface area contributed by atoms with Gasteiger partial charge in [0.2, 0.25) is 16.0 Å². The lowest BCUT2D eigenvalue weighted by Crippen LogP contribution is -2.31. The minimum atomic E-state index is -3.56. The molecule has 22 heavy (non-hydrogen) atoms. The van der Waals surface area contributed by atoms with Crippen LogP contribution in [0.25, 0.3) is 0 Å². The molecule has 7 nitrogen and oxygen atoms in total. The van der Waals surface area contributed by atoms with Crippen molar-refractivity contribution in [3.05, 3.63) is 36.4 Å². The zero-order chi connectivity index (χ0) is 16.2. The minimum Gasteiger partial charge on any atom is -0.323 e. The zero-order valence-electron chi connectivity index (χ0n) is 12.8. The van der Waals surface area contributed by atoms with Crippen molar-refractivity contribution in [2.75, 3.05) is 18.4 Å². The summed E-state index contributed by atoms with van der Waals surface area (Å²) < 4.78 is 26.8. The molecular formula is C14H19N5O2S. The summed E-state index contributed by atoms with van der Waals surface area (Å²) in [6, 6.07) is 6.72. The summed E-state index contributed by atoms with van der Waals surface area (Å²) in [6.45, 7) is 6.19. The van der Waals surface area contributed by atoms with Crippen LogP contribution in [0.2, 0.25) is 0 Å². The Morgan fingerprint density at radius 2 is 1.82 bits per heavy atom. The van der Waals surface area contributed by atoms with Crippen molar-refractivity contribution in [3.8, 4) is 0 Å². The maximum absolute atomic E-state index is 12.7. The number of nitrogens with zero attached hydrogens (tertiary/aromatic N) is 4. The molecule has 0 unspecified atom stereocenters. The van der Waals surface area contributed by atoms with Gasteiger partial charge in [0.1, 0.15) is 17.0 Å². The van der Waals surface area contributed by atoms with Crippen LogP contribution < -0.4 is 5.32 Å². The average molecular weight is 321 g/mol. The van der Waals surface area contributed by atoms with Crippen molar-refractivity contribution in [3.63, 3.8) is 0 Å². The van der Waals surface area contributed by atoms with Crippen LogP contribution >= 0.6 is 0 Å². The van der Waals surface area contributed by atoms with Gasteiger partial charge >= 0.3 is 0 Å². The second-order valence-electron chi connectivity index (χ2n) is 4.57. The fraction of sp³-hybridized carbons (Fsp3) is 0.357. The number of nitrogens with one attached hydrogen (secondary N) is 1. The first-order valence-electron chi connectivity index (χ1n) is 7.00. The predicted octanol–water partition coefficient (Wildman–Crippen LogP) is 1.95. The third-order valence-corrected chi connectivity index (χ3v) is 5.26. The molecule has 0 bridgehead atoms. The Kier molecular flexibility index (Phi) is 5.04. The molecule has 1 heterocycles. The van der Waals surface area contributed by atoms with Crippen molar-refractivity contribution in [1.82, 2.24) is 19.3 Å². The van der Waals surface area contributed by atoms with Gasteiger partial charge in [0.15, 0.2) is 0 Å². The first-order valence-corrected chi connectivity index (χ1v) is 8.44. The Bertz CT molecular complexity index is 744. The SMILES string of the molecule is CCN(CC)S(=O)(=O)c1ccccc1Nc1ncnc(C)n1. The number of anilines is 2. The summed E-state index contributed by atoms with van der Waals surface area (Å²) in [5, 5.41) is 2.95. The van der Waals surface area contributed by atoms with Gasteiger partial charge < -0.3 is 5.32 Å². The molecular weight excluding hydrogens is 302 g/mol. The average Bonchev–Trinajstić information content (AvgIpc) is 2.48. The van der Waals surface area contributed by atoms with Gasteiger partial charge in [-0.2, -0.15) is 9.29 Å². The van der Waals surface area contributed by atoms with Crippen LogP contribution in [-0.4, -0.2) is 40.8 Å². The molecule has 0 saturated carbocycles. The Labute approximate surface area is 130 Å². The Hall–Kier alpha value is -2.06. The van der Waals surface area contributed by atoms with Crippen LogP contribution in [0.15, 0.2) is 35.5 Å². The van der Waals surface area contributed by atoms with Crippen molar-refractivity contribution < 1.29 is 8.42 Å². The molecule has 0 aliphatic carbocycles. The Morgan fingerprint density at radius 1 is 1.14 bits per heavy atom. The molecule has 1 aromatic heterocycles. The molecule has 0 fully saturated rings. The molecule has 0 spiro atoms. The van der Waals surface area contributed by atoms with E-state index in [4.69, 9.17) is 0 Å². The second-order valence-corrected chi connectivity index (χ2v) is 6.47. The summed E-state index contributed by atoms with van der Waals surface area (Å²) >= 11 is 0. The lowest BCUT2D eigenvalue weighted by molar-refractivity contribution is 0.445. The van der Waals surface area contributed by atoms with E-state index in [2.05, 4.69) is 20.3 Å². The molecule has 2 rings (SSSR count).